The molecule has 0 saturated carbocycles. The van der Waals surface area contributed by atoms with Gasteiger partial charge in [-0.05, 0) is 46.7 Å². The van der Waals surface area contributed by atoms with Gasteiger partial charge in [0, 0.05) is 31.0 Å². The summed E-state index contributed by atoms with van der Waals surface area (Å²) in [6.07, 6.45) is 0. The van der Waals surface area contributed by atoms with E-state index < -0.39 is 0 Å². The van der Waals surface area contributed by atoms with Crippen molar-refractivity contribution in [2.75, 3.05) is 36.5 Å². The number of nitrogens with zero attached hydrogens (tertiary/aromatic N) is 1. The molecule has 0 amide bonds. The second-order valence-corrected chi connectivity index (χ2v) is 5.41. The molecule has 1 fully saturated rings. The number of benzene rings is 1. The van der Waals surface area contributed by atoms with E-state index in [0.717, 1.165) is 32.8 Å². The van der Waals surface area contributed by atoms with Crippen molar-refractivity contribution in [2.24, 2.45) is 0 Å². The van der Waals surface area contributed by atoms with Gasteiger partial charge in [0.15, 0.2) is 0 Å². The first-order chi connectivity index (χ1) is 9.42. The van der Waals surface area contributed by atoms with Crippen LogP contribution in [0.15, 0.2) is 41.1 Å². The van der Waals surface area contributed by atoms with Crippen LogP contribution in [0.4, 0.5) is 11.4 Å². The lowest BCUT2D eigenvalue weighted by molar-refractivity contribution is 0.122. The zero-order chi connectivity index (χ0) is 12.9. The van der Waals surface area contributed by atoms with Gasteiger partial charge in [-0.1, -0.05) is 0 Å². The first kappa shape index (κ1) is 12.5. The average molecular weight is 274 g/mol. The van der Waals surface area contributed by atoms with E-state index >= 15 is 0 Å². The van der Waals surface area contributed by atoms with Gasteiger partial charge in [0.2, 0.25) is 0 Å². The van der Waals surface area contributed by atoms with Crippen molar-refractivity contribution in [3.63, 3.8) is 0 Å². The number of nitrogens with one attached hydrogen (secondary N) is 1. The van der Waals surface area contributed by atoms with Crippen molar-refractivity contribution in [1.29, 1.82) is 0 Å². The highest BCUT2D eigenvalue weighted by Crippen LogP contribution is 2.19. The SMILES string of the molecule is c1cc(CNc2ccc(N3CCOCC3)cc2)cs1. The Morgan fingerprint density at radius 1 is 1.11 bits per heavy atom. The third-order valence-electron chi connectivity index (χ3n) is 3.32. The van der Waals surface area contributed by atoms with E-state index in [4.69, 9.17) is 4.74 Å². The molecule has 0 aliphatic carbocycles. The first-order valence-corrected chi connectivity index (χ1v) is 7.54. The third kappa shape index (κ3) is 3.28. The van der Waals surface area contributed by atoms with E-state index in [2.05, 4.69) is 51.3 Å². The van der Waals surface area contributed by atoms with Crippen LogP contribution in [0.3, 0.4) is 0 Å². The van der Waals surface area contributed by atoms with Gasteiger partial charge < -0.3 is 15.0 Å². The molecule has 1 aliphatic rings. The standard InChI is InChI=1S/C15H18N2OS/c1-3-15(17-6-8-18-9-7-17)4-2-14(1)16-11-13-5-10-19-12-13/h1-5,10,12,16H,6-9,11H2. The zero-order valence-corrected chi connectivity index (χ0v) is 11.7. The molecule has 100 valence electrons. The highest BCUT2D eigenvalue weighted by Gasteiger charge is 2.10. The molecule has 0 atom stereocenters. The van der Waals surface area contributed by atoms with Crippen LogP contribution in [-0.4, -0.2) is 26.3 Å². The first-order valence-electron chi connectivity index (χ1n) is 6.59. The molecule has 0 spiro atoms. The maximum Gasteiger partial charge on any atom is 0.0642 e. The smallest absolute Gasteiger partial charge is 0.0642 e. The lowest BCUT2D eigenvalue weighted by Gasteiger charge is -2.28. The minimum Gasteiger partial charge on any atom is -0.381 e. The molecule has 1 aliphatic heterocycles. The van der Waals surface area contributed by atoms with Crippen LogP contribution in [0.1, 0.15) is 5.56 Å². The monoisotopic (exact) mass is 274 g/mol. The van der Waals surface area contributed by atoms with E-state index in [1.807, 2.05) is 0 Å². The summed E-state index contributed by atoms with van der Waals surface area (Å²) >= 11 is 1.74. The van der Waals surface area contributed by atoms with Gasteiger partial charge >= 0.3 is 0 Å². The number of thiophene rings is 1. The number of rotatable bonds is 4. The molecule has 1 aromatic carbocycles. The Kier molecular flexibility index (Phi) is 4.01. The van der Waals surface area contributed by atoms with Crippen molar-refractivity contribution >= 4 is 22.7 Å². The summed E-state index contributed by atoms with van der Waals surface area (Å²) in [5.41, 5.74) is 3.79. The molecule has 1 N–H and O–H groups in total. The molecule has 2 heterocycles. The van der Waals surface area contributed by atoms with E-state index in [1.54, 1.807) is 11.3 Å². The van der Waals surface area contributed by atoms with Gasteiger partial charge in [0.1, 0.15) is 0 Å². The normalized spacial score (nSPS) is 15.5. The quantitative estimate of drug-likeness (QED) is 0.926. The zero-order valence-electron chi connectivity index (χ0n) is 10.8. The van der Waals surface area contributed by atoms with Gasteiger partial charge in [0.25, 0.3) is 0 Å². The van der Waals surface area contributed by atoms with Crippen LogP contribution in [0.25, 0.3) is 0 Å². The van der Waals surface area contributed by atoms with Crippen LogP contribution in [-0.2, 0) is 11.3 Å². The van der Waals surface area contributed by atoms with Gasteiger partial charge in [-0.15, -0.1) is 0 Å². The highest BCUT2D eigenvalue weighted by atomic mass is 32.1. The molecule has 2 aromatic rings. The average Bonchev–Trinajstić information content (AvgIpc) is 3.00. The topological polar surface area (TPSA) is 24.5 Å². The van der Waals surface area contributed by atoms with Crippen molar-refractivity contribution in [1.82, 2.24) is 0 Å². The minimum absolute atomic E-state index is 0.832. The van der Waals surface area contributed by atoms with Gasteiger partial charge in [0.05, 0.1) is 13.2 Å². The molecule has 3 nitrogen and oxygen atoms in total. The summed E-state index contributed by atoms with van der Waals surface area (Å²) < 4.78 is 5.37. The molecule has 0 radical (unpaired) electrons. The van der Waals surface area contributed by atoms with E-state index in [9.17, 15) is 0 Å². The molecule has 4 heteroatoms. The summed E-state index contributed by atoms with van der Waals surface area (Å²) in [6.45, 7) is 4.53. The molecule has 1 saturated heterocycles. The summed E-state index contributed by atoms with van der Waals surface area (Å²) in [5.74, 6) is 0. The minimum atomic E-state index is 0.832. The lowest BCUT2D eigenvalue weighted by atomic mass is 10.2. The Balaban J connectivity index is 1.58. The van der Waals surface area contributed by atoms with Gasteiger partial charge in [-0.3, -0.25) is 0 Å². The molecule has 3 rings (SSSR count). The van der Waals surface area contributed by atoms with Crippen molar-refractivity contribution in [3.8, 4) is 0 Å². The van der Waals surface area contributed by atoms with Crippen LogP contribution in [0, 0.1) is 0 Å². The lowest BCUT2D eigenvalue weighted by Crippen LogP contribution is -2.36. The molecule has 1 aromatic heterocycles. The predicted octanol–water partition coefficient (Wildman–Crippen LogP) is 3.20. The second kappa shape index (κ2) is 6.08. The van der Waals surface area contributed by atoms with Gasteiger partial charge in [-0.2, -0.15) is 11.3 Å². The van der Waals surface area contributed by atoms with Crippen molar-refractivity contribution in [2.45, 2.75) is 6.54 Å². The Morgan fingerprint density at radius 2 is 1.89 bits per heavy atom. The molecule has 19 heavy (non-hydrogen) atoms. The van der Waals surface area contributed by atoms with Crippen LogP contribution in [0.2, 0.25) is 0 Å². The predicted molar refractivity (Wildman–Crippen MR) is 81.1 cm³/mol. The summed E-state index contributed by atoms with van der Waals surface area (Å²) in [4.78, 5) is 2.37. The fourth-order valence-corrected chi connectivity index (χ4v) is 2.88. The maximum absolute atomic E-state index is 5.37. The number of anilines is 2. The number of hydrogen-bond acceptors (Lipinski definition) is 4. The Labute approximate surface area is 117 Å². The van der Waals surface area contributed by atoms with E-state index in [-0.39, 0.29) is 0 Å². The summed E-state index contributed by atoms with van der Waals surface area (Å²) in [5, 5.41) is 7.73. The van der Waals surface area contributed by atoms with Crippen LogP contribution in [0.5, 0.6) is 0 Å². The van der Waals surface area contributed by atoms with Gasteiger partial charge in [-0.25, -0.2) is 0 Å². The Bertz CT molecular complexity index is 489. The number of morpholine rings is 1. The number of ether oxygens (including phenoxy) is 1. The maximum atomic E-state index is 5.37. The summed E-state index contributed by atoms with van der Waals surface area (Å²) in [6, 6.07) is 10.8. The van der Waals surface area contributed by atoms with E-state index in [1.165, 1.54) is 16.9 Å². The largest absolute Gasteiger partial charge is 0.381 e. The second-order valence-electron chi connectivity index (χ2n) is 4.63. The van der Waals surface area contributed by atoms with Crippen LogP contribution < -0.4 is 10.2 Å². The Morgan fingerprint density at radius 3 is 2.58 bits per heavy atom. The van der Waals surface area contributed by atoms with Crippen LogP contribution >= 0.6 is 11.3 Å². The van der Waals surface area contributed by atoms with E-state index in [0.29, 0.717) is 0 Å². The molecular weight excluding hydrogens is 256 g/mol. The fraction of sp³-hybridized carbons (Fsp3) is 0.333. The third-order valence-corrected chi connectivity index (χ3v) is 4.05. The fourth-order valence-electron chi connectivity index (χ4n) is 2.21. The highest BCUT2D eigenvalue weighted by molar-refractivity contribution is 7.07. The summed E-state index contributed by atoms with van der Waals surface area (Å²) in [7, 11) is 0. The van der Waals surface area contributed by atoms with Crippen molar-refractivity contribution in [3.05, 3.63) is 46.7 Å². The Hall–Kier alpha value is -1.52. The van der Waals surface area contributed by atoms with Crippen molar-refractivity contribution < 1.29 is 4.74 Å². The molecule has 0 bridgehead atoms. The number of hydrogen-bond donors (Lipinski definition) is 1. The molecule has 0 unspecified atom stereocenters. The molecular formula is C15H18N2OS.